The lowest BCUT2D eigenvalue weighted by Gasteiger charge is -2.18. The Labute approximate surface area is 142 Å². The van der Waals surface area contributed by atoms with Crippen molar-refractivity contribution < 1.29 is 19.4 Å². The van der Waals surface area contributed by atoms with Crippen molar-refractivity contribution in [2.24, 2.45) is 0 Å². The van der Waals surface area contributed by atoms with E-state index < -0.39 is 21.9 Å². The number of hydrogen-bond donors (Lipinski definition) is 0. The van der Waals surface area contributed by atoms with Gasteiger partial charge in [-0.3, -0.25) is 20.2 Å². The number of nitrogens with zero attached hydrogens (tertiary/aromatic N) is 2. The number of carbonyl (C=O) groups excluding carboxylic acids is 1. The van der Waals surface area contributed by atoms with Crippen LogP contribution in [-0.4, -0.2) is 15.8 Å². The Morgan fingerprint density at radius 3 is 1.72 bits per heavy atom. The number of nitro benzene ring substituents is 2. The fourth-order valence-electron chi connectivity index (χ4n) is 2.25. The maximum absolute atomic E-state index is 12.0. The van der Waals surface area contributed by atoms with Crippen LogP contribution in [-0.2, 0) is 9.53 Å². The molecule has 2 rings (SSSR count). The highest BCUT2D eigenvalue weighted by Crippen LogP contribution is 2.37. The SMILES string of the molecule is C=C(C)C(=O)OC(c1ccccc1[N+](=O)[O-])c1ccccc1[N+](=O)[O-]. The highest BCUT2D eigenvalue weighted by atomic mass is 16.6. The Kier molecular flexibility index (Phi) is 5.23. The highest BCUT2D eigenvalue weighted by Gasteiger charge is 2.31. The van der Waals surface area contributed by atoms with E-state index >= 15 is 0 Å². The maximum atomic E-state index is 12.0. The first-order valence-electron chi connectivity index (χ1n) is 7.16. The lowest BCUT2D eigenvalue weighted by molar-refractivity contribution is -0.387. The molecule has 8 heteroatoms. The molecule has 2 aromatic carbocycles. The van der Waals surface area contributed by atoms with Gasteiger partial charge in [-0.25, -0.2) is 4.79 Å². The Morgan fingerprint density at radius 1 is 0.960 bits per heavy atom. The van der Waals surface area contributed by atoms with E-state index in [0.29, 0.717) is 0 Å². The predicted molar refractivity (Wildman–Crippen MR) is 88.9 cm³/mol. The molecule has 0 heterocycles. The molecule has 0 aliphatic rings. The van der Waals surface area contributed by atoms with Gasteiger partial charge in [-0.05, 0) is 19.1 Å². The summed E-state index contributed by atoms with van der Waals surface area (Å²) in [5.74, 6) is -0.804. The largest absolute Gasteiger partial charge is 0.449 e. The molecule has 0 amide bonds. The van der Waals surface area contributed by atoms with Gasteiger partial charge in [0, 0.05) is 17.7 Å². The fraction of sp³-hybridized carbons (Fsp3) is 0.118. The third-order valence-corrected chi connectivity index (χ3v) is 3.41. The fourth-order valence-corrected chi connectivity index (χ4v) is 2.25. The summed E-state index contributed by atoms with van der Waals surface area (Å²) in [6, 6.07) is 11.2. The molecular weight excluding hydrogens is 328 g/mol. The van der Waals surface area contributed by atoms with Crippen molar-refractivity contribution in [3.05, 3.63) is 92.0 Å². The van der Waals surface area contributed by atoms with Gasteiger partial charge in [-0.2, -0.15) is 0 Å². The molecule has 2 aromatic rings. The van der Waals surface area contributed by atoms with Crippen LogP contribution in [0, 0.1) is 20.2 Å². The van der Waals surface area contributed by atoms with Crippen molar-refractivity contribution in [3.63, 3.8) is 0 Å². The van der Waals surface area contributed by atoms with Crippen molar-refractivity contribution in [1.82, 2.24) is 0 Å². The number of ether oxygens (including phenoxy) is 1. The molecule has 0 bridgehead atoms. The topological polar surface area (TPSA) is 113 Å². The van der Waals surface area contributed by atoms with E-state index in [1.807, 2.05) is 0 Å². The lowest BCUT2D eigenvalue weighted by atomic mass is 9.98. The van der Waals surface area contributed by atoms with Crippen LogP contribution < -0.4 is 0 Å². The van der Waals surface area contributed by atoms with Crippen LogP contribution in [0.2, 0.25) is 0 Å². The molecule has 0 aromatic heterocycles. The molecule has 0 saturated heterocycles. The smallest absolute Gasteiger partial charge is 0.334 e. The number of nitro groups is 2. The van der Waals surface area contributed by atoms with E-state index in [9.17, 15) is 25.0 Å². The molecule has 25 heavy (non-hydrogen) atoms. The van der Waals surface area contributed by atoms with Crippen LogP contribution in [0.4, 0.5) is 11.4 Å². The van der Waals surface area contributed by atoms with Crippen molar-refractivity contribution in [3.8, 4) is 0 Å². The summed E-state index contributed by atoms with van der Waals surface area (Å²) in [5.41, 5.74) is -0.463. The summed E-state index contributed by atoms with van der Waals surface area (Å²) in [6.07, 6.45) is -1.31. The average Bonchev–Trinajstić information content (AvgIpc) is 2.59. The Bertz CT molecular complexity index is 804. The van der Waals surface area contributed by atoms with E-state index in [-0.39, 0.29) is 28.1 Å². The van der Waals surface area contributed by atoms with Gasteiger partial charge in [-0.15, -0.1) is 0 Å². The first-order chi connectivity index (χ1) is 11.8. The maximum Gasteiger partial charge on any atom is 0.334 e. The molecule has 0 fully saturated rings. The summed E-state index contributed by atoms with van der Waals surface area (Å²) in [6.45, 7) is 4.88. The zero-order valence-corrected chi connectivity index (χ0v) is 13.2. The summed E-state index contributed by atoms with van der Waals surface area (Å²) in [4.78, 5) is 33.4. The van der Waals surface area contributed by atoms with Gasteiger partial charge in [0.25, 0.3) is 11.4 Å². The molecule has 0 radical (unpaired) electrons. The monoisotopic (exact) mass is 342 g/mol. The van der Waals surface area contributed by atoms with Gasteiger partial charge >= 0.3 is 5.97 Å². The minimum Gasteiger partial charge on any atom is -0.449 e. The summed E-state index contributed by atoms with van der Waals surface area (Å²) in [7, 11) is 0. The average molecular weight is 342 g/mol. The second-order valence-electron chi connectivity index (χ2n) is 5.20. The zero-order chi connectivity index (χ0) is 18.6. The minimum atomic E-state index is -1.31. The van der Waals surface area contributed by atoms with Gasteiger partial charge in [0.05, 0.1) is 21.0 Å². The van der Waals surface area contributed by atoms with Crippen LogP contribution >= 0.6 is 0 Å². The van der Waals surface area contributed by atoms with Crippen LogP contribution in [0.25, 0.3) is 0 Å². The number of benzene rings is 2. The molecule has 0 aliphatic carbocycles. The van der Waals surface area contributed by atoms with Gasteiger partial charge in [0.1, 0.15) is 0 Å². The predicted octanol–water partition coefficient (Wildman–Crippen LogP) is 3.71. The minimum absolute atomic E-state index is 0.0383. The molecule has 0 unspecified atom stereocenters. The molecule has 0 atom stereocenters. The lowest BCUT2D eigenvalue weighted by Crippen LogP contribution is -2.15. The van der Waals surface area contributed by atoms with E-state index in [1.54, 1.807) is 0 Å². The van der Waals surface area contributed by atoms with Crippen LogP contribution in [0.1, 0.15) is 24.2 Å². The van der Waals surface area contributed by atoms with Gasteiger partial charge in [0.2, 0.25) is 0 Å². The Balaban J connectivity index is 2.68. The van der Waals surface area contributed by atoms with Crippen molar-refractivity contribution in [2.45, 2.75) is 13.0 Å². The summed E-state index contributed by atoms with van der Waals surface area (Å²) in [5, 5.41) is 22.6. The molecule has 0 spiro atoms. The Hall–Kier alpha value is -3.55. The van der Waals surface area contributed by atoms with Crippen LogP contribution in [0.15, 0.2) is 60.7 Å². The summed E-state index contributed by atoms with van der Waals surface area (Å²) < 4.78 is 5.32. The van der Waals surface area contributed by atoms with E-state index in [1.165, 1.54) is 55.5 Å². The quantitative estimate of drug-likeness (QED) is 0.342. The number of para-hydroxylation sites is 2. The van der Waals surface area contributed by atoms with Crippen LogP contribution in [0.3, 0.4) is 0 Å². The summed E-state index contributed by atoms with van der Waals surface area (Å²) >= 11 is 0. The first kappa shape index (κ1) is 17.8. The normalized spacial score (nSPS) is 10.3. The van der Waals surface area contributed by atoms with E-state index in [0.717, 1.165) is 0 Å². The zero-order valence-electron chi connectivity index (χ0n) is 13.2. The van der Waals surface area contributed by atoms with E-state index in [4.69, 9.17) is 4.74 Å². The molecule has 128 valence electrons. The third kappa shape index (κ3) is 3.86. The molecule has 8 nitrogen and oxygen atoms in total. The van der Waals surface area contributed by atoms with Crippen molar-refractivity contribution in [2.75, 3.05) is 0 Å². The number of carbonyl (C=O) groups is 1. The molecule has 0 saturated carbocycles. The highest BCUT2D eigenvalue weighted by molar-refractivity contribution is 5.87. The number of rotatable bonds is 6. The second kappa shape index (κ2) is 7.35. The van der Waals surface area contributed by atoms with E-state index in [2.05, 4.69) is 6.58 Å². The Morgan fingerprint density at radius 2 is 1.36 bits per heavy atom. The third-order valence-electron chi connectivity index (χ3n) is 3.41. The standard InChI is InChI=1S/C17H14N2O6/c1-11(2)17(20)25-16(12-7-3-5-9-14(12)18(21)22)13-8-4-6-10-15(13)19(23)24/h3-10,16H,1H2,2H3. The van der Waals surface area contributed by atoms with Crippen LogP contribution in [0.5, 0.6) is 0 Å². The van der Waals surface area contributed by atoms with Gasteiger partial charge < -0.3 is 4.74 Å². The number of esters is 1. The number of hydrogen-bond acceptors (Lipinski definition) is 6. The molecule has 0 aliphatic heterocycles. The first-order valence-corrected chi connectivity index (χ1v) is 7.16. The van der Waals surface area contributed by atoms with Crippen molar-refractivity contribution >= 4 is 17.3 Å². The van der Waals surface area contributed by atoms with Crippen molar-refractivity contribution in [1.29, 1.82) is 0 Å². The second-order valence-corrected chi connectivity index (χ2v) is 5.20. The molecule has 0 N–H and O–H groups in total. The molecular formula is C17H14N2O6. The van der Waals surface area contributed by atoms with Gasteiger partial charge in [0.15, 0.2) is 6.10 Å². The van der Waals surface area contributed by atoms with Gasteiger partial charge in [-0.1, -0.05) is 30.8 Å².